The maximum Gasteiger partial charge on any atom is 0.136 e. The van der Waals surface area contributed by atoms with E-state index >= 15 is 0 Å². The Bertz CT molecular complexity index is 248. The Kier molecular flexibility index (Phi) is 4.61. The molecule has 2 aliphatic heterocycles. The van der Waals surface area contributed by atoms with Gasteiger partial charge in [-0.05, 0) is 26.2 Å². The molecule has 0 N–H and O–H groups in total. The summed E-state index contributed by atoms with van der Waals surface area (Å²) in [7, 11) is 0. The van der Waals surface area contributed by atoms with Crippen LogP contribution >= 0.6 is 0 Å². The average molecular weight is 237 g/mol. The van der Waals surface area contributed by atoms with Gasteiger partial charge in [0.05, 0.1) is 0 Å². The number of hydrogen-bond donors (Lipinski definition) is 0. The molecule has 98 valence electrons. The van der Waals surface area contributed by atoms with Gasteiger partial charge in [0.1, 0.15) is 5.78 Å². The molecule has 3 unspecified atom stereocenters. The van der Waals surface area contributed by atoms with Gasteiger partial charge >= 0.3 is 0 Å². The van der Waals surface area contributed by atoms with Crippen LogP contribution < -0.4 is 0 Å². The molecule has 3 atom stereocenters. The van der Waals surface area contributed by atoms with Gasteiger partial charge in [-0.3, -0.25) is 9.69 Å². The van der Waals surface area contributed by atoms with E-state index in [0.29, 0.717) is 23.9 Å². The molecule has 0 aliphatic carbocycles. The van der Waals surface area contributed by atoms with Crippen LogP contribution in [0.2, 0.25) is 0 Å². The number of Topliss-reactive ketones (excluding diaryl/α,β-unsaturated/α-hetero) is 1. The Morgan fingerprint density at radius 2 is 1.82 bits per heavy atom. The lowest BCUT2D eigenvalue weighted by atomic mass is 9.97. The average Bonchev–Trinajstić information content (AvgIpc) is 2.57. The Balaban J connectivity index is 1.79. The highest BCUT2D eigenvalue weighted by atomic mass is 16.1. The highest BCUT2D eigenvalue weighted by molar-refractivity contribution is 5.81. The highest BCUT2D eigenvalue weighted by Crippen LogP contribution is 2.36. The van der Waals surface area contributed by atoms with Gasteiger partial charge < -0.3 is 0 Å². The number of unbranched alkanes of at least 4 members (excludes halogenated alkanes) is 3. The summed E-state index contributed by atoms with van der Waals surface area (Å²) in [5.41, 5.74) is 0. The number of carbonyl (C=O) groups excluding carboxylic acids is 1. The van der Waals surface area contributed by atoms with Gasteiger partial charge in [-0.2, -0.15) is 0 Å². The van der Waals surface area contributed by atoms with Crippen LogP contribution in [0, 0.1) is 0 Å². The zero-order chi connectivity index (χ0) is 12.3. The van der Waals surface area contributed by atoms with Crippen molar-refractivity contribution in [1.29, 1.82) is 0 Å². The highest BCUT2D eigenvalue weighted by Gasteiger charge is 2.41. The van der Waals surface area contributed by atoms with E-state index in [-0.39, 0.29) is 0 Å². The minimum absolute atomic E-state index is 0.506. The minimum Gasteiger partial charge on any atom is -0.300 e. The van der Waals surface area contributed by atoms with Crippen LogP contribution in [0.4, 0.5) is 0 Å². The van der Waals surface area contributed by atoms with Crippen molar-refractivity contribution in [3.63, 3.8) is 0 Å². The SMILES string of the molecule is CCCCCCC(C)N1C2CCC1CC(=O)C2. The van der Waals surface area contributed by atoms with Crippen molar-refractivity contribution in [2.24, 2.45) is 0 Å². The summed E-state index contributed by atoms with van der Waals surface area (Å²) < 4.78 is 0. The van der Waals surface area contributed by atoms with Crippen LogP contribution in [0.1, 0.15) is 71.6 Å². The second kappa shape index (κ2) is 5.99. The van der Waals surface area contributed by atoms with Gasteiger partial charge in [-0.1, -0.05) is 32.6 Å². The van der Waals surface area contributed by atoms with Crippen molar-refractivity contribution in [1.82, 2.24) is 4.90 Å². The van der Waals surface area contributed by atoms with Gasteiger partial charge in [0.2, 0.25) is 0 Å². The molecule has 2 fully saturated rings. The lowest BCUT2D eigenvalue weighted by Gasteiger charge is -2.38. The topological polar surface area (TPSA) is 20.3 Å². The molecule has 0 aromatic rings. The summed E-state index contributed by atoms with van der Waals surface area (Å²) in [5.74, 6) is 0.506. The number of carbonyl (C=O) groups is 1. The van der Waals surface area contributed by atoms with E-state index in [2.05, 4.69) is 18.7 Å². The summed E-state index contributed by atoms with van der Waals surface area (Å²) in [5, 5.41) is 0. The fraction of sp³-hybridized carbons (Fsp3) is 0.933. The maximum atomic E-state index is 11.6. The Labute approximate surface area is 106 Å². The smallest absolute Gasteiger partial charge is 0.136 e. The van der Waals surface area contributed by atoms with Crippen LogP contribution in [0.3, 0.4) is 0 Å². The molecule has 2 rings (SSSR count). The Morgan fingerprint density at radius 3 is 2.41 bits per heavy atom. The fourth-order valence-electron chi connectivity index (χ4n) is 3.74. The molecular weight excluding hydrogens is 210 g/mol. The van der Waals surface area contributed by atoms with Crippen molar-refractivity contribution < 1.29 is 4.79 Å². The standard InChI is InChI=1S/C15H27NO/c1-3-4-5-6-7-12(2)16-13-8-9-14(16)11-15(17)10-13/h12-14H,3-11H2,1-2H3. The van der Waals surface area contributed by atoms with Gasteiger partial charge in [-0.25, -0.2) is 0 Å². The minimum atomic E-state index is 0.506. The van der Waals surface area contributed by atoms with Crippen LogP contribution in [0.25, 0.3) is 0 Å². The van der Waals surface area contributed by atoms with E-state index in [9.17, 15) is 4.79 Å². The number of piperidine rings is 1. The van der Waals surface area contributed by atoms with Gasteiger partial charge in [0.15, 0.2) is 0 Å². The summed E-state index contributed by atoms with van der Waals surface area (Å²) in [4.78, 5) is 14.2. The lowest BCUT2D eigenvalue weighted by Crippen LogP contribution is -2.47. The number of fused-ring (bicyclic) bond motifs is 2. The van der Waals surface area contributed by atoms with Crippen LogP contribution in [0.15, 0.2) is 0 Å². The lowest BCUT2D eigenvalue weighted by molar-refractivity contribution is -0.124. The molecule has 2 heteroatoms. The first kappa shape index (κ1) is 13.1. The first-order valence-corrected chi connectivity index (χ1v) is 7.51. The molecule has 0 aromatic heterocycles. The molecule has 2 nitrogen and oxygen atoms in total. The molecular formula is C15H27NO. The van der Waals surface area contributed by atoms with E-state index in [1.54, 1.807) is 0 Å². The Morgan fingerprint density at radius 1 is 1.18 bits per heavy atom. The molecule has 2 heterocycles. The zero-order valence-corrected chi connectivity index (χ0v) is 11.5. The molecule has 0 saturated carbocycles. The van der Waals surface area contributed by atoms with E-state index < -0.39 is 0 Å². The second-order valence-corrected chi connectivity index (χ2v) is 5.98. The van der Waals surface area contributed by atoms with E-state index in [4.69, 9.17) is 0 Å². The van der Waals surface area contributed by atoms with Gasteiger partial charge in [0, 0.05) is 31.0 Å². The largest absolute Gasteiger partial charge is 0.300 e. The molecule has 0 amide bonds. The Hall–Kier alpha value is -0.370. The molecule has 0 aromatic carbocycles. The van der Waals surface area contributed by atoms with E-state index in [1.807, 2.05) is 0 Å². The van der Waals surface area contributed by atoms with Crippen LogP contribution in [-0.4, -0.2) is 28.8 Å². The van der Waals surface area contributed by atoms with Crippen molar-refractivity contribution in [2.75, 3.05) is 0 Å². The summed E-state index contributed by atoms with van der Waals surface area (Å²) in [6.07, 6.45) is 10.9. The quantitative estimate of drug-likeness (QED) is 0.659. The fourth-order valence-corrected chi connectivity index (χ4v) is 3.74. The third-order valence-electron chi connectivity index (χ3n) is 4.59. The summed E-state index contributed by atoms with van der Waals surface area (Å²) >= 11 is 0. The van der Waals surface area contributed by atoms with Crippen molar-refractivity contribution in [2.45, 2.75) is 89.8 Å². The third kappa shape index (κ3) is 3.09. The molecule has 2 saturated heterocycles. The first-order valence-electron chi connectivity index (χ1n) is 7.51. The molecule has 0 radical (unpaired) electrons. The summed E-state index contributed by atoms with van der Waals surface area (Å²) in [6.45, 7) is 4.63. The third-order valence-corrected chi connectivity index (χ3v) is 4.59. The van der Waals surface area contributed by atoms with Crippen molar-refractivity contribution in [3.05, 3.63) is 0 Å². The van der Waals surface area contributed by atoms with Gasteiger partial charge in [0.25, 0.3) is 0 Å². The number of ketones is 1. The van der Waals surface area contributed by atoms with Crippen molar-refractivity contribution >= 4 is 5.78 Å². The first-order chi connectivity index (χ1) is 8.22. The molecule has 2 aliphatic rings. The van der Waals surface area contributed by atoms with E-state index in [0.717, 1.165) is 12.8 Å². The molecule has 17 heavy (non-hydrogen) atoms. The predicted molar refractivity (Wildman–Crippen MR) is 71.1 cm³/mol. The zero-order valence-electron chi connectivity index (χ0n) is 11.5. The maximum absolute atomic E-state index is 11.6. The van der Waals surface area contributed by atoms with E-state index in [1.165, 1.54) is 44.9 Å². The van der Waals surface area contributed by atoms with Crippen LogP contribution in [-0.2, 0) is 4.79 Å². The van der Waals surface area contributed by atoms with Crippen molar-refractivity contribution in [3.8, 4) is 0 Å². The van der Waals surface area contributed by atoms with Gasteiger partial charge in [-0.15, -0.1) is 0 Å². The molecule has 2 bridgehead atoms. The number of hydrogen-bond acceptors (Lipinski definition) is 2. The summed E-state index contributed by atoms with van der Waals surface area (Å²) in [6, 6.07) is 1.86. The predicted octanol–water partition coefficient (Wildman–Crippen LogP) is 3.54. The normalized spacial score (nSPS) is 30.8. The second-order valence-electron chi connectivity index (χ2n) is 5.98. The van der Waals surface area contributed by atoms with Crippen LogP contribution in [0.5, 0.6) is 0 Å². The number of nitrogens with zero attached hydrogens (tertiary/aromatic N) is 1. The number of rotatable bonds is 6. The monoisotopic (exact) mass is 237 g/mol. The molecule has 0 spiro atoms.